The lowest BCUT2D eigenvalue weighted by Crippen LogP contribution is -1.92. The molecule has 0 amide bonds. The summed E-state index contributed by atoms with van der Waals surface area (Å²) in [5.74, 6) is 0.581. The first-order valence-corrected chi connectivity index (χ1v) is 4.92. The Bertz CT molecular complexity index is 407. The third-order valence-corrected chi connectivity index (χ3v) is 2.80. The van der Waals surface area contributed by atoms with Crippen LogP contribution in [-0.4, -0.2) is 4.98 Å². The molecule has 0 fully saturated rings. The van der Waals surface area contributed by atoms with Gasteiger partial charge in [-0.25, -0.2) is 4.98 Å². The SMILES string of the molecule is Cc1nc(N)ccc1-c1cccs1. The molecular weight excluding hydrogens is 180 g/mol. The predicted octanol–water partition coefficient (Wildman–Crippen LogP) is 2.70. The van der Waals surface area contributed by atoms with Crippen molar-refractivity contribution in [2.45, 2.75) is 6.92 Å². The fraction of sp³-hybridized carbons (Fsp3) is 0.100. The van der Waals surface area contributed by atoms with Crippen molar-refractivity contribution < 1.29 is 0 Å². The maximum atomic E-state index is 5.57. The lowest BCUT2D eigenvalue weighted by molar-refractivity contribution is 1.22. The van der Waals surface area contributed by atoms with E-state index in [4.69, 9.17) is 5.73 Å². The second kappa shape index (κ2) is 3.18. The lowest BCUT2D eigenvalue weighted by atomic mass is 10.2. The van der Waals surface area contributed by atoms with Gasteiger partial charge >= 0.3 is 0 Å². The molecular formula is C10H10N2S. The van der Waals surface area contributed by atoms with Crippen LogP contribution in [0.2, 0.25) is 0 Å². The van der Waals surface area contributed by atoms with Crippen LogP contribution in [0.1, 0.15) is 5.69 Å². The Morgan fingerprint density at radius 3 is 2.77 bits per heavy atom. The molecule has 0 spiro atoms. The van der Waals surface area contributed by atoms with Gasteiger partial charge in [0.15, 0.2) is 0 Å². The maximum Gasteiger partial charge on any atom is 0.123 e. The average Bonchev–Trinajstić information content (AvgIpc) is 2.56. The molecule has 0 bridgehead atoms. The lowest BCUT2D eigenvalue weighted by Gasteiger charge is -2.02. The molecule has 2 rings (SSSR count). The van der Waals surface area contributed by atoms with Crippen molar-refractivity contribution in [3.05, 3.63) is 35.3 Å². The topological polar surface area (TPSA) is 38.9 Å². The molecule has 0 aliphatic rings. The van der Waals surface area contributed by atoms with Gasteiger partial charge in [0.25, 0.3) is 0 Å². The molecule has 2 nitrogen and oxygen atoms in total. The number of thiophene rings is 1. The third-order valence-electron chi connectivity index (χ3n) is 1.89. The second-order valence-corrected chi connectivity index (χ2v) is 3.79. The monoisotopic (exact) mass is 190 g/mol. The largest absolute Gasteiger partial charge is 0.384 e. The molecule has 13 heavy (non-hydrogen) atoms. The molecule has 2 aromatic rings. The molecule has 0 aliphatic heterocycles. The van der Waals surface area contributed by atoms with Crippen molar-refractivity contribution in [2.75, 3.05) is 5.73 Å². The number of pyridine rings is 1. The highest BCUT2D eigenvalue weighted by molar-refractivity contribution is 7.13. The highest BCUT2D eigenvalue weighted by atomic mass is 32.1. The van der Waals surface area contributed by atoms with Crippen LogP contribution in [0, 0.1) is 6.92 Å². The first-order valence-electron chi connectivity index (χ1n) is 4.04. The Morgan fingerprint density at radius 1 is 1.31 bits per heavy atom. The van der Waals surface area contributed by atoms with Gasteiger partial charge in [-0.3, -0.25) is 0 Å². The quantitative estimate of drug-likeness (QED) is 0.751. The third kappa shape index (κ3) is 1.55. The highest BCUT2D eigenvalue weighted by Gasteiger charge is 2.03. The van der Waals surface area contributed by atoms with E-state index in [1.54, 1.807) is 11.3 Å². The number of rotatable bonds is 1. The summed E-state index contributed by atoms with van der Waals surface area (Å²) in [6, 6.07) is 7.98. The molecule has 0 unspecified atom stereocenters. The molecule has 0 radical (unpaired) electrons. The minimum atomic E-state index is 0.581. The van der Waals surface area contributed by atoms with Crippen LogP contribution in [0.3, 0.4) is 0 Å². The minimum absolute atomic E-state index is 0.581. The smallest absolute Gasteiger partial charge is 0.123 e. The Balaban J connectivity index is 2.53. The second-order valence-electron chi connectivity index (χ2n) is 2.85. The summed E-state index contributed by atoms with van der Waals surface area (Å²) < 4.78 is 0. The minimum Gasteiger partial charge on any atom is -0.384 e. The molecule has 0 saturated heterocycles. The number of nitrogens with zero attached hydrogens (tertiary/aromatic N) is 1. The van der Waals surface area contributed by atoms with Crippen LogP contribution < -0.4 is 5.73 Å². The average molecular weight is 190 g/mol. The van der Waals surface area contributed by atoms with Crippen LogP contribution in [-0.2, 0) is 0 Å². The Labute approximate surface area is 81.1 Å². The zero-order valence-electron chi connectivity index (χ0n) is 7.32. The van der Waals surface area contributed by atoms with E-state index in [0.29, 0.717) is 5.82 Å². The van der Waals surface area contributed by atoms with Crippen molar-refractivity contribution >= 4 is 17.2 Å². The maximum absolute atomic E-state index is 5.57. The number of aryl methyl sites for hydroxylation is 1. The summed E-state index contributed by atoms with van der Waals surface area (Å²) in [7, 11) is 0. The number of hydrogen-bond acceptors (Lipinski definition) is 3. The van der Waals surface area contributed by atoms with Crippen LogP contribution in [0.15, 0.2) is 29.6 Å². The van der Waals surface area contributed by atoms with Gasteiger partial charge in [-0.1, -0.05) is 6.07 Å². The van der Waals surface area contributed by atoms with Crippen molar-refractivity contribution in [3.8, 4) is 10.4 Å². The Morgan fingerprint density at radius 2 is 2.15 bits per heavy atom. The number of anilines is 1. The summed E-state index contributed by atoms with van der Waals surface area (Å²) in [5.41, 5.74) is 7.73. The van der Waals surface area contributed by atoms with Gasteiger partial charge < -0.3 is 5.73 Å². The van der Waals surface area contributed by atoms with E-state index in [9.17, 15) is 0 Å². The van der Waals surface area contributed by atoms with Gasteiger partial charge in [-0.2, -0.15) is 0 Å². The van der Waals surface area contributed by atoms with E-state index < -0.39 is 0 Å². The summed E-state index contributed by atoms with van der Waals surface area (Å²) in [6.45, 7) is 1.98. The molecule has 0 saturated carbocycles. The first kappa shape index (κ1) is 8.26. The van der Waals surface area contributed by atoms with Gasteiger partial charge in [0.05, 0.1) is 0 Å². The van der Waals surface area contributed by atoms with Crippen LogP contribution in [0.5, 0.6) is 0 Å². The van der Waals surface area contributed by atoms with Gasteiger partial charge in [0, 0.05) is 16.1 Å². The number of hydrogen-bond donors (Lipinski definition) is 1. The zero-order chi connectivity index (χ0) is 9.26. The summed E-state index contributed by atoms with van der Waals surface area (Å²) in [6.07, 6.45) is 0. The normalized spacial score (nSPS) is 10.2. The summed E-state index contributed by atoms with van der Waals surface area (Å²) in [5, 5.41) is 2.06. The molecule has 2 N–H and O–H groups in total. The number of aromatic nitrogens is 1. The van der Waals surface area contributed by atoms with Gasteiger partial charge in [0.1, 0.15) is 5.82 Å². The van der Waals surface area contributed by atoms with Crippen molar-refractivity contribution in [2.24, 2.45) is 0 Å². The summed E-state index contributed by atoms with van der Waals surface area (Å²) in [4.78, 5) is 5.45. The summed E-state index contributed by atoms with van der Waals surface area (Å²) >= 11 is 1.72. The van der Waals surface area contributed by atoms with E-state index >= 15 is 0 Å². The molecule has 0 atom stereocenters. The zero-order valence-corrected chi connectivity index (χ0v) is 8.14. The standard InChI is InChI=1S/C10H10N2S/c1-7-8(4-5-10(11)12-7)9-3-2-6-13-9/h2-6H,1H3,(H2,11,12). The van der Waals surface area contributed by atoms with E-state index in [2.05, 4.69) is 16.4 Å². The van der Waals surface area contributed by atoms with Gasteiger partial charge in [0.2, 0.25) is 0 Å². The van der Waals surface area contributed by atoms with Gasteiger partial charge in [-0.05, 0) is 30.5 Å². The van der Waals surface area contributed by atoms with Gasteiger partial charge in [-0.15, -0.1) is 11.3 Å². The molecule has 66 valence electrons. The fourth-order valence-corrected chi connectivity index (χ4v) is 2.08. The predicted molar refractivity (Wildman–Crippen MR) is 56.7 cm³/mol. The van der Waals surface area contributed by atoms with Crippen molar-refractivity contribution in [1.29, 1.82) is 0 Å². The van der Waals surface area contributed by atoms with Crippen LogP contribution in [0.4, 0.5) is 5.82 Å². The van der Waals surface area contributed by atoms with E-state index in [-0.39, 0.29) is 0 Å². The Kier molecular flexibility index (Phi) is 2.02. The fourth-order valence-electron chi connectivity index (χ4n) is 1.27. The molecule has 3 heteroatoms. The molecule has 0 aliphatic carbocycles. The molecule has 2 aromatic heterocycles. The molecule has 2 heterocycles. The highest BCUT2D eigenvalue weighted by Crippen LogP contribution is 2.26. The Hall–Kier alpha value is -1.35. The van der Waals surface area contributed by atoms with Crippen molar-refractivity contribution in [1.82, 2.24) is 4.98 Å². The van der Waals surface area contributed by atoms with Crippen molar-refractivity contribution in [3.63, 3.8) is 0 Å². The number of nitrogen functional groups attached to an aromatic ring is 1. The number of nitrogens with two attached hydrogens (primary N) is 1. The van der Waals surface area contributed by atoms with E-state index in [0.717, 1.165) is 5.69 Å². The van der Waals surface area contributed by atoms with Crippen LogP contribution in [0.25, 0.3) is 10.4 Å². The first-order chi connectivity index (χ1) is 6.27. The van der Waals surface area contributed by atoms with E-state index in [1.165, 1.54) is 10.4 Å². The van der Waals surface area contributed by atoms with E-state index in [1.807, 2.05) is 25.1 Å². The molecule has 0 aromatic carbocycles. The van der Waals surface area contributed by atoms with Crippen LogP contribution >= 0.6 is 11.3 Å².